The average molecular weight is 937 g/mol. The van der Waals surface area contributed by atoms with Crippen LogP contribution in [0.2, 0.25) is 0 Å². The second kappa shape index (κ2) is 17.9. The molecule has 2 atom stereocenters. The van der Waals surface area contributed by atoms with Gasteiger partial charge in [-0.25, -0.2) is 19.3 Å². The summed E-state index contributed by atoms with van der Waals surface area (Å²) in [4.78, 5) is 63.3. The van der Waals surface area contributed by atoms with Crippen LogP contribution in [0.3, 0.4) is 0 Å². The number of ether oxygens (including phenoxy) is 2. The molecule has 11 rings (SSSR count). The van der Waals surface area contributed by atoms with Crippen LogP contribution in [0.1, 0.15) is 62.8 Å². The summed E-state index contributed by atoms with van der Waals surface area (Å²) >= 11 is 5.83. The summed E-state index contributed by atoms with van der Waals surface area (Å²) in [6, 6.07) is 38.0. The number of nitrogens with two attached hydrogens (primary N) is 1. The van der Waals surface area contributed by atoms with Gasteiger partial charge in [-0.3, -0.25) is 28.5 Å². The van der Waals surface area contributed by atoms with Crippen molar-refractivity contribution in [2.75, 3.05) is 21.7 Å². The zero-order chi connectivity index (χ0) is 47.2. The van der Waals surface area contributed by atoms with Crippen molar-refractivity contribution in [3.63, 3.8) is 0 Å². The van der Waals surface area contributed by atoms with Gasteiger partial charge in [0.05, 0.1) is 28.3 Å². The molecular weight excluding hydrogens is 893 g/mol. The standard InChI is InChI=1S/C52H44N10O6S/c53-44-28-38(21-23-54-44)67-36-17-13-32(14-18-36)56-49(64)46-42-11-5-25-59(42)61(51(46)66)35-10-4-7-31(27-35)40-30-41(40)48(63)58-45-29-39(22-24-55-45)68-37-19-15-33(16-20-37)57-50(65)47-43-12-6-26-60(43)62(52(47)69)34-8-2-1-3-9-34/h1-4,7-10,13-24,27-29,40-41H,5-6,11-12,25-26,30H2,(H2,53,54)(H,56,64)(H,57,65)(H,55,58,63). The molecule has 2 aliphatic heterocycles. The molecule has 0 spiro atoms. The highest BCUT2D eigenvalue weighted by atomic mass is 32.1. The maximum Gasteiger partial charge on any atom is 0.284 e. The number of carbonyl (C=O) groups excluding carboxylic acids is 3. The molecule has 69 heavy (non-hydrogen) atoms. The van der Waals surface area contributed by atoms with Crippen LogP contribution >= 0.6 is 12.2 Å². The number of hydrogen-bond acceptors (Lipinski definition) is 10. The first-order valence-electron chi connectivity index (χ1n) is 22.7. The lowest BCUT2D eigenvalue weighted by molar-refractivity contribution is -0.117. The van der Waals surface area contributed by atoms with Gasteiger partial charge < -0.3 is 31.2 Å². The molecule has 5 N–H and O–H groups in total. The molecule has 8 aromatic rings. The number of carbonyl (C=O) groups is 3. The Balaban J connectivity index is 0.718. The fourth-order valence-electron chi connectivity index (χ4n) is 9.35. The van der Waals surface area contributed by atoms with Crippen molar-refractivity contribution in [1.82, 2.24) is 28.7 Å². The van der Waals surface area contributed by atoms with E-state index in [4.69, 9.17) is 27.4 Å². The molecule has 3 amide bonds. The number of amides is 3. The van der Waals surface area contributed by atoms with E-state index in [1.165, 1.54) is 0 Å². The third-order valence-electron chi connectivity index (χ3n) is 12.6. The molecule has 4 aromatic heterocycles. The highest BCUT2D eigenvalue weighted by Crippen LogP contribution is 2.48. The van der Waals surface area contributed by atoms with Crippen LogP contribution in [0.4, 0.5) is 23.0 Å². The molecule has 344 valence electrons. The Kier molecular flexibility index (Phi) is 11.2. The van der Waals surface area contributed by atoms with Crippen LogP contribution in [0.5, 0.6) is 23.0 Å². The van der Waals surface area contributed by atoms with Crippen molar-refractivity contribution in [2.24, 2.45) is 5.92 Å². The Morgan fingerprint density at radius 3 is 1.88 bits per heavy atom. The van der Waals surface area contributed by atoms with E-state index in [9.17, 15) is 19.2 Å². The predicted octanol–water partition coefficient (Wildman–Crippen LogP) is 9.06. The van der Waals surface area contributed by atoms with Crippen molar-refractivity contribution in [3.8, 4) is 34.4 Å². The van der Waals surface area contributed by atoms with Crippen LogP contribution in [0.25, 0.3) is 11.4 Å². The largest absolute Gasteiger partial charge is 0.457 e. The topological polar surface area (TPSA) is 194 Å². The predicted molar refractivity (Wildman–Crippen MR) is 263 cm³/mol. The number of hydrogen-bond donors (Lipinski definition) is 4. The number of rotatable bonds is 13. The zero-order valence-electron chi connectivity index (χ0n) is 37.0. The van der Waals surface area contributed by atoms with Crippen LogP contribution in [-0.4, -0.2) is 46.4 Å². The highest BCUT2D eigenvalue weighted by Gasteiger charge is 2.44. The van der Waals surface area contributed by atoms with Gasteiger partial charge in [-0.2, -0.15) is 0 Å². The van der Waals surface area contributed by atoms with E-state index in [1.54, 1.807) is 89.9 Å². The van der Waals surface area contributed by atoms with Gasteiger partial charge in [-0.1, -0.05) is 42.5 Å². The lowest BCUT2D eigenvalue weighted by Gasteiger charge is -2.11. The van der Waals surface area contributed by atoms with Crippen LogP contribution < -0.4 is 36.7 Å². The summed E-state index contributed by atoms with van der Waals surface area (Å²) in [7, 11) is 0. The van der Waals surface area contributed by atoms with Gasteiger partial charge in [0.2, 0.25) is 5.91 Å². The number of fused-ring (bicyclic) bond motifs is 2. The van der Waals surface area contributed by atoms with E-state index in [0.717, 1.165) is 42.8 Å². The average Bonchev–Trinajstić information content (AvgIpc) is 3.51. The first-order valence-corrected chi connectivity index (χ1v) is 23.1. The van der Waals surface area contributed by atoms with Gasteiger partial charge in [0.1, 0.15) is 44.8 Å². The van der Waals surface area contributed by atoms with Gasteiger partial charge in [-0.15, -0.1) is 0 Å². The Morgan fingerprint density at radius 2 is 1.22 bits per heavy atom. The minimum Gasteiger partial charge on any atom is -0.457 e. The summed E-state index contributed by atoms with van der Waals surface area (Å²) in [5, 5.41) is 8.84. The molecule has 0 bridgehead atoms. The second-order valence-corrected chi connectivity index (χ2v) is 17.5. The van der Waals surface area contributed by atoms with Gasteiger partial charge in [0.25, 0.3) is 17.4 Å². The van der Waals surface area contributed by atoms with E-state index < -0.39 is 11.5 Å². The third kappa shape index (κ3) is 8.55. The van der Waals surface area contributed by atoms with Crippen molar-refractivity contribution in [1.29, 1.82) is 0 Å². The number of para-hydroxylation sites is 1. The number of nitrogens with zero attached hydrogens (tertiary/aromatic N) is 6. The zero-order valence-corrected chi connectivity index (χ0v) is 37.8. The van der Waals surface area contributed by atoms with Crippen LogP contribution in [-0.2, 0) is 30.7 Å². The molecule has 1 aliphatic carbocycles. The molecule has 6 heterocycles. The van der Waals surface area contributed by atoms with E-state index in [-0.39, 0.29) is 29.2 Å². The number of benzene rings is 4. The Hall–Kier alpha value is -8.57. The van der Waals surface area contributed by atoms with E-state index >= 15 is 0 Å². The SMILES string of the molecule is Nc1cc(Oc2ccc(NC(=O)c3c4n(n(-c5cccc(C6CC6C(=O)Nc6cc(Oc7ccc(NC(=O)c8c9n(n(-c%10ccccc%10)c8=S)CCC9)cc7)ccn6)c5)c3=O)CCC4)cc2)ccn1. The number of nitrogen functional groups attached to an aromatic ring is 1. The molecular formula is C52H44N10O6S. The Morgan fingerprint density at radius 1 is 0.623 bits per heavy atom. The molecule has 1 fully saturated rings. The highest BCUT2D eigenvalue weighted by molar-refractivity contribution is 7.71. The molecule has 0 saturated heterocycles. The smallest absolute Gasteiger partial charge is 0.284 e. The Labute approximate surface area is 399 Å². The van der Waals surface area contributed by atoms with Crippen molar-refractivity contribution >= 4 is 52.9 Å². The minimum atomic E-state index is -0.489. The molecule has 4 aromatic carbocycles. The quantitative estimate of drug-likeness (QED) is 0.0811. The summed E-state index contributed by atoms with van der Waals surface area (Å²) in [5.41, 5.74) is 11.1. The monoisotopic (exact) mass is 936 g/mol. The fraction of sp³-hybridized carbons (Fsp3) is 0.173. The van der Waals surface area contributed by atoms with Crippen molar-refractivity contribution in [3.05, 3.63) is 183 Å². The normalized spacial score (nSPS) is 15.5. The molecule has 16 nitrogen and oxygen atoms in total. The van der Waals surface area contributed by atoms with Crippen molar-refractivity contribution in [2.45, 2.75) is 51.1 Å². The third-order valence-corrected chi connectivity index (χ3v) is 13.0. The van der Waals surface area contributed by atoms with Gasteiger partial charge >= 0.3 is 0 Å². The van der Waals surface area contributed by atoms with Crippen LogP contribution in [0.15, 0.2) is 145 Å². The lowest BCUT2D eigenvalue weighted by Crippen LogP contribution is -2.26. The maximum atomic E-state index is 14.1. The minimum absolute atomic E-state index is 0.0705. The molecule has 3 aliphatic rings. The summed E-state index contributed by atoms with van der Waals surface area (Å²) in [5.74, 6) is 1.45. The van der Waals surface area contributed by atoms with Gasteiger partial charge in [0.15, 0.2) is 0 Å². The molecule has 17 heteroatoms. The van der Waals surface area contributed by atoms with E-state index in [0.29, 0.717) is 87.0 Å². The number of nitrogens with one attached hydrogen (secondary N) is 3. The Bertz CT molecular complexity index is 3430. The summed E-state index contributed by atoms with van der Waals surface area (Å²) < 4.78 is 19.9. The molecule has 0 radical (unpaired) electrons. The second-order valence-electron chi connectivity index (χ2n) is 17.2. The lowest BCUT2D eigenvalue weighted by atomic mass is 10.1. The first kappa shape index (κ1) is 43.0. The fourth-order valence-corrected chi connectivity index (χ4v) is 9.77. The summed E-state index contributed by atoms with van der Waals surface area (Å²) in [6.07, 6.45) is 6.84. The summed E-state index contributed by atoms with van der Waals surface area (Å²) in [6.45, 7) is 1.38. The number of anilines is 4. The van der Waals surface area contributed by atoms with E-state index in [1.807, 2.05) is 64.0 Å². The maximum absolute atomic E-state index is 14.1. The number of aromatic nitrogens is 6. The molecule has 2 unspecified atom stereocenters. The van der Waals surface area contributed by atoms with E-state index in [2.05, 4.69) is 30.6 Å². The van der Waals surface area contributed by atoms with Crippen molar-refractivity contribution < 1.29 is 23.9 Å². The number of pyridine rings is 2. The van der Waals surface area contributed by atoms with Gasteiger partial charge in [0, 0.05) is 54.9 Å². The van der Waals surface area contributed by atoms with Gasteiger partial charge in [-0.05, 0) is 129 Å². The first-order chi connectivity index (χ1) is 33.6. The van der Waals surface area contributed by atoms with Crippen LogP contribution in [0, 0.1) is 10.6 Å². The molecule has 1 saturated carbocycles.